The first-order valence-electron chi connectivity index (χ1n) is 7.01. The van der Waals surface area contributed by atoms with E-state index in [0.717, 1.165) is 16.7 Å². The molecule has 0 radical (unpaired) electrons. The van der Waals surface area contributed by atoms with Crippen LogP contribution in [0, 0.1) is 16.7 Å². The van der Waals surface area contributed by atoms with E-state index in [1.165, 1.54) is 6.92 Å². The van der Waals surface area contributed by atoms with Crippen LogP contribution in [0.4, 0.5) is 0 Å². The number of hydrogen-bond donors (Lipinski definition) is 1. The van der Waals surface area contributed by atoms with Crippen LogP contribution in [-0.2, 0) is 9.59 Å². The largest absolute Gasteiger partial charge is 0.480 e. The van der Waals surface area contributed by atoms with Crippen molar-refractivity contribution in [2.24, 2.45) is 5.41 Å². The maximum Gasteiger partial charge on any atom is 0.324 e. The summed E-state index contributed by atoms with van der Waals surface area (Å²) in [4.78, 5) is 23.4. The van der Waals surface area contributed by atoms with Gasteiger partial charge in [0.15, 0.2) is 11.2 Å². The summed E-state index contributed by atoms with van der Waals surface area (Å²) in [5, 5.41) is 18.9. The van der Waals surface area contributed by atoms with Crippen LogP contribution >= 0.6 is 0 Å². The van der Waals surface area contributed by atoms with Crippen LogP contribution in [0.2, 0.25) is 0 Å². The number of allylic oxidation sites excluding steroid dienone is 3. The number of ketones is 1. The highest BCUT2D eigenvalue weighted by Crippen LogP contribution is 2.43. The number of Topliss-reactive ketones (excluding diaryl/α,β-unsaturated/α-hetero) is 1. The van der Waals surface area contributed by atoms with E-state index in [0.29, 0.717) is 5.57 Å². The number of hydrogen-bond acceptors (Lipinski definition) is 3. The van der Waals surface area contributed by atoms with Crippen molar-refractivity contribution in [3.8, 4) is 6.07 Å². The van der Waals surface area contributed by atoms with E-state index in [1.807, 2.05) is 49.4 Å². The van der Waals surface area contributed by atoms with Crippen molar-refractivity contribution in [3.05, 3.63) is 52.6 Å². The number of carboxylic acids is 1. The van der Waals surface area contributed by atoms with E-state index >= 15 is 0 Å². The molecule has 0 heterocycles. The van der Waals surface area contributed by atoms with E-state index in [9.17, 15) is 20.0 Å². The van der Waals surface area contributed by atoms with Gasteiger partial charge in [0.1, 0.15) is 0 Å². The van der Waals surface area contributed by atoms with Crippen LogP contribution in [0.3, 0.4) is 0 Å². The summed E-state index contributed by atoms with van der Waals surface area (Å²) < 4.78 is 0. The maximum atomic E-state index is 11.8. The van der Waals surface area contributed by atoms with Gasteiger partial charge in [-0.2, -0.15) is 5.26 Å². The Morgan fingerprint density at radius 1 is 1.27 bits per heavy atom. The molecular weight excluding hydrogens is 278 g/mol. The average molecular weight is 295 g/mol. The van der Waals surface area contributed by atoms with Gasteiger partial charge in [-0.3, -0.25) is 9.59 Å². The molecule has 1 aromatic carbocycles. The molecule has 4 heteroatoms. The van der Waals surface area contributed by atoms with Crippen molar-refractivity contribution in [3.63, 3.8) is 0 Å². The summed E-state index contributed by atoms with van der Waals surface area (Å²) in [5.41, 5.74) is 1.28. The van der Waals surface area contributed by atoms with Crippen LogP contribution < -0.4 is 0 Å². The Labute approximate surface area is 129 Å². The number of nitrogens with zero attached hydrogens (tertiary/aromatic N) is 1. The highest BCUT2D eigenvalue weighted by molar-refractivity contribution is 5.97. The minimum Gasteiger partial charge on any atom is -0.480 e. The first-order valence-corrected chi connectivity index (χ1v) is 7.01. The smallest absolute Gasteiger partial charge is 0.324 e. The monoisotopic (exact) mass is 295 g/mol. The van der Waals surface area contributed by atoms with E-state index < -0.39 is 11.4 Å². The van der Waals surface area contributed by atoms with E-state index in [2.05, 4.69) is 0 Å². The van der Waals surface area contributed by atoms with Gasteiger partial charge in [-0.05, 0) is 30.6 Å². The normalized spacial score (nSPS) is 23.2. The fraction of sp³-hybridized carbons (Fsp3) is 0.278. The molecule has 1 aliphatic rings. The van der Waals surface area contributed by atoms with Crippen molar-refractivity contribution in [1.82, 2.24) is 0 Å². The lowest BCUT2D eigenvalue weighted by molar-refractivity contribution is -0.145. The quantitative estimate of drug-likeness (QED) is 0.927. The zero-order chi connectivity index (χ0) is 16.3. The molecule has 0 bridgehead atoms. The zero-order valence-corrected chi connectivity index (χ0v) is 12.6. The summed E-state index contributed by atoms with van der Waals surface area (Å²) in [7, 11) is 0. The second-order valence-electron chi connectivity index (χ2n) is 5.59. The molecule has 1 atom stereocenters. The third-order valence-corrected chi connectivity index (χ3v) is 4.09. The molecule has 1 aliphatic carbocycles. The first-order chi connectivity index (χ1) is 10.4. The van der Waals surface area contributed by atoms with Crippen molar-refractivity contribution in [2.45, 2.75) is 26.7 Å². The van der Waals surface area contributed by atoms with Crippen LogP contribution in [0.5, 0.6) is 0 Å². The SMILES string of the molecule is CC(=O)C1=C(C)/C(=C/c2ccccc2)CC(C#N)(C(=O)O)C1. The first kappa shape index (κ1) is 15.7. The summed E-state index contributed by atoms with van der Waals surface area (Å²) in [6.45, 7) is 3.23. The number of rotatable bonds is 3. The zero-order valence-electron chi connectivity index (χ0n) is 12.6. The minimum atomic E-state index is -1.57. The molecule has 0 fully saturated rings. The molecule has 1 unspecified atom stereocenters. The average Bonchev–Trinajstić information content (AvgIpc) is 2.50. The summed E-state index contributed by atoms with van der Waals surface area (Å²) in [5.74, 6) is -1.36. The lowest BCUT2D eigenvalue weighted by Gasteiger charge is -2.30. The Hall–Kier alpha value is -2.67. The Morgan fingerprint density at radius 3 is 2.41 bits per heavy atom. The van der Waals surface area contributed by atoms with E-state index in [-0.39, 0.29) is 18.6 Å². The fourth-order valence-electron chi connectivity index (χ4n) is 2.72. The van der Waals surface area contributed by atoms with Crippen molar-refractivity contribution in [1.29, 1.82) is 5.26 Å². The Balaban J connectivity index is 2.59. The van der Waals surface area contributed by atoms with Crippen LogP contribution in [0.25, 0.3) is 6.08 Å². The third kappa shape index (κ3) is 2.84. The van der Waals surface area contributed by atoms with Gasteiger partial charge in [-0.1, -0.05) is 36.4 Å². The van der Waals surface area contributed by atoms with Gasteiger partial charge in [-0.15, -0.1) is 0 Å². The fourth-order valence-corrected chi connectivity index (χ4v) is 2.72. The predicted octanol–water partition coefficient (Wildman–Crippen LogP) is 3.36. The molecule has 2 rings (SSSR count). The molecule has 0 spiro atoms. The van der Waals surface area contributed by atoms with Crippen LogP contribution in [-0.4, -0.2) is 16.9 Å². The molecule has 4 nitrogen and oxygen atoms in total. The number of carbonyl (C=O) groups excluding carboxylic acids is 1. The molecule has 1 N–H and O–H groups in total. The Bertz CT molecular complexity index is 722. The Morgan fingerprint density at radius 2 is 1.91 bits per heavy atom. The molecule has 1 aromatic rings. The number of carbonyl (C=O) groups is 2. The second kappa shape index (κ2) is 5.98. The van der Waals surface area contributed by atoms with Gasteiger partial charge < -0.3 is 5.11 Å². The van der Waals surface area contributed by atoms with Crippen molar-refractivity contribution >= 4 is 17.8 Å². The third-order valence-electron chi connectivity index (χ3n) is 4.09. The lowest BCUT2D eigenvalue weighted by atomic mass is 9.69. The highest BCUT2D eigenvalue weighted by Gasteiger charge is 2.44. The number of benzene rings is 1. The summed E-state index contributed by atoms with van der Waals surface area (Å²) >= 11 is 0. The molecule has 0 saturated heterocycles. The topological polar surface area (TPSA) is 78.2 Å². The van der Waals surface area contributed by atoms with Gasteiger partial charge in [0.2, 0.25) is 0 Å². The lowest BCUT2D eigenvalue weighted by Crippen LogP contribution is -2.34. The van der Waals surface area contributed by atoms with Crippen LogP contribution in [0.15, 0.2) is 47.1 Å². The molecule has 0 saturated carbocycles. The van der Waals surface area contributed by atoms with Gasteiger partial charge >= 0.3 is 5.97 Å². The standard InChI is InChI=1S/C18H17NO3/c1-12-15(8-14-6-4-3-5-7-14)9-18(11-19,17(21)22)10-16(12)13(2)20/h3-8H,9-10H2,1-2H3,(H,21,22)/b15-8+. The summed E-state index contributed by atoms with van der Waals surface area (Å²) in [6, 6.07) is 11.4. The van der Waals surface area contributed by atoms with Crippen LogP contribution in [0.1, 0.15) is 32.3 Å². The number of nitriles is 1. The molecular formula is C18H17NO3. The van der Waals surface area contributed by atoms with E-state index in [4.69, 9.17) is 0 Å². The van der Waals surface area contributed by atoms with Gasteiger partial charge in [-0.25, -0.2) is 0 Å². The number of aliphatic carboxylic acids is 1. The molecule has 22 heavy (non-hydrogen) atoms. The molecule has 112 valence electrons. The minimum absolute atomic E-state index is 0.0356. The molecule has 0 aliphatic heterocycles. The van der Waals surface area contributed by atoms with Gasteiger partial charge in [0, 0.05) is 18.4 Å². The Kier molecular flexibility index (Phi) is 4.27. The maximum absolute atomic E-state index is 11.8. The highest BCUT2D eigenvalue weighted by atomic mass is 16.4. The molecule has 0 amide bonds. The molecule has 0 aromatic heterocycles. The number of carboxylic acid groups (broad SMARTS) is 1. The summed E-state index contributed by atoms with van der Waals surface area (Å²) in [6.07, 6.45) is 1.93. The van der Waals surface area contributed by atoms with Crippen molar-refractivity contribution < 1.29 is 14.7 Å². The second-order valence-corrected chi connectivity index (χ2v) is 5.59. The van der Waals surface area contributed by atoms with Gasteiger partial charge in [0.25, 0.3) is 0 Å². The van der Waals surface area contributed by atoms with Crippen molar-refractivity contribution in [2.75, 3.05) is 0 Å². The van der Waals surface area contributed by atoms with Gasteiger partial charge in [0.05, 0.1) is 6.07 Å². The predicted molar refractivity (Wildman–Crippen MR) is 82.7 cm³/mol. The van der Waals surface area contributed by atoms with E-state index in [1.54, 1.807) is 0 Å².